The molecule has 0 spiro atoms. The van der Waals surface area contributed by atoms with Crippen LogP contribution in [0.3, 0.4) is 0 Å². The molecule has 1 heterocycles. The molecule has 1 saturated heterocycles. The van der Waals surface area contributed by atoms with Crippen LogP contribution in [0.5, 0.6) is 5.75 Å². The first-order valence-electron chi connectivity index (χ1n) is 11.6. The Morgan fingerprint density at radius 1 is 1.10 bits per heavy atom. The van der Waals surface area contributed by atoms with Gasteiger partial charge in [0.2, 0.25) is 0 Å². The van der Waals surface area contributed by atoms with E-state index in [2.05, 4.69) is 34.2 Å². The topological polar surface area (TPSA) is 27.7 Å². The number of likely N-dealkylation sites (tertiary alicyclic amines) is 1. The van der Waals surface area contributed by atoms with Crippen LogP contribution in [-0.4, -0.2) is 53.7 Å². The molecule has 2 aliphatic rings. The summed E-state index contributed by atoms with van der Waals surface area (Å²) in [6, 6.07) is 9.45. The van der Waals surface area contributed by atoms with E-state index < -0.39 is 0 Å². The molecule has 1 aromatic rings. The fraction of sp³-hybridized carbons (Fsp3) is 0.708. The number of likely N-dealkylation sites (N-methyl/N-ethyl adjacent to an activating group) is 1. The summed E-state index contributed by atoms with van der Waals surface area (Å²) in [5, 5.41) is 4.67. The fourth-order valence-electron chi connectivity index (χ4n) is 4.90. The minimum Gasteiger partial charge on any atom is -0.496 e. The summed E-state index contributed by atoms with van der Waals surface area (Å²) >= 11 is 5.98. The van der Waals surface area contributed by atoms with Gasteiger partial charge in [0.05, 0.1) is 7.11 Å². The second kappa shape index (κ2) is 11.8. The van der Waals surface area contributed by atoms with E-state index in [0.717, 1.165) is 30.5 Å². The van der Waals surface area contributed by atoms with Crippen molar-refractivity contribution in [2.24, 2.45) is 0 Å². The summed E-state index contributed by atoms with van der Waals surface area (Å²) in [6.07, 6.45) is 11.8. The van der Waals surface area contributed by atoms with Gasteiger partial charge in [-0.3, -0.25) is 4.90 Å². The second-order valence-electron chi connectivity index (χ2n) is 8.61. The average molecular weight is 418 g/mol. The van der Waals surface area contributed by atoms with Gasteiger partial charge in [-0.05, 0) is 57.1 Å². The van der Waals surface area contributed by atoms with E-state index >= 15 is 0 Å². The fourth-order valence-corrected chi connectivity index (χ4v) is 5.20. The lowest BCUT2D eigenvalue weighted by molar-refractivity contribution is 0.217. The largest absolute Gasteiger partial charge is 0.496 e. The Hall–Kier alpha value is -1.33. The standard InChI is InChI=1S/C24H39N3OS/c1-3-26-17-11-15-22(26)19-27(18-20-12-9-10-16-23(20)28-2)24(29)25-21-13-7-5-4-6-8-14-21/h9-10,12,16,21-22H,3-8,11,13-15,17-19H2,1-2H3,(H,25,29). The van der Waals surface area contributed by atoms with Gasteiger partial charge >= 0.3 is 0 Å². The van der Waals surface area contributed by atoms with Crippen LogP contribution in [0.1, 0.15) is 70.3 Å². The zero-order valence-electron chi connectivity index (χ0n) is 18.4. The monoisotopic (exact) mass is 417 g/mol. The van der Waals surface area contributed by atoms with Crippen molar-refractivity contribution < 1.29 is 4.74 Å². The molecule has 3 rings (SSSR count). The van der Waals surface area contributed by atoms with E-state index in [1.165, 1.54) is 69.9 Å². The number of nitrogens with zero attached hydrogens (tertiary/aromatic N) is 2. The Balaban J connectivity index is 1.71. The van der Waals surface area contributed by atoms with Crippen molar-refractivity contribution in [1.82, 2.24) is 15.1 Å². The first-order valence-corrected chi connectivity index (χ1v) is 12.0. The Kier molecular flexibility index (Phi) is 9.06. The Bertz CT molecular complexity index is 630. The number of rotatable bonds is 7. The van der Waals surface area contributed by atoms with Crippen molar-refractivity contribution in [1.29, 1.82) is 0 Å². The van der Waals surface area contributed by atoms with Crippen LogP contribution in [0.4, 0.5) is 0 Å². The number of hydrogen-bond donors (Lipinski definition) is 1. The molecule has 1 saturated carbocycles. The lowest BCUT2D eigenvalue weighted by Gasteiger charge is -2.34. The highest BCUT2D eigenvalue weighted by Crippen LogP contribution is 2.23. The van der Waals surface area contributed by atoms with Crippen molar-refractivity contribution in [2.75, 3.05) is 26.7 Å². The van der Waals surface area contributed by atoms with E-state index in [1.807, 2.05) is 12.1 Å². The van der Waals surface area contributed by atoms with Gasteiger partial charge in [-0.25, -0.2) is 0 Å². The molecule has 4 nitrogen and oxygen atoms in total. The van der Waals surface area contributed by atoms with Gasteiger partial charge in [0.1, 0.15) is 5.75 Å². The number of nitrogens with one attached hydrogen (secondary N) is 1. The van der Waals surface area contributed by atoms with Gasteiger partial charge in [-0.1, -0.05) is 57.2 Å². The second-order valence-corrected chi connectivity index (χ2v) is 9.00. The van der Waals surface area contributed by atoms with Crippen LogP contribution in [-0.2, 0) is 6.54 Å². The average Bonchev–Trinajstić information content (AvgIpc) is 3.17. The van der Waals surface area contributed by atoms with Crippen LogP contribution in [0, 0.1) is 0 Å². The molecule has 0 radical (unpaired) electrons. The lowest BCUT2D eigenvalue weighted by atomic mass is 9.97. The highest BCUT2D eigenvalue weighted by atomic mass is 32.1. The molecular weight excluding hydrogens is 378 g/mol. The minimum atomic E-state index is 0.522. The van der Waals surface area contributed by atoms with Crippen molar-refractivity contribution in [3.05, 3.63) is 29.8 Å². The molecular formula is C24H39N3OS. The normalized spacial score (nSPS) is 21.4. The zero-order valence-corrected chi connectivity index (χ0v) is 19.2. The first kappa shape index (κ1) is 22.4. The van der Waals surface area contributed by atoms with Gasteiger partial charge in [-0.15, -0.1) is 0 Å². The summed E-state index contributed by atoms with van der Waals surface area (Å²) in [7, 11) is 1.75. The third kappa shape index (κ3) is 6.58. The van der Waals surface area contributed by atoms with Crippen LogP contribution in [0.25, 0.3) is 0 Å². The van der Waals surface area contributed by atoms with Gasteiger partial charge < -0.3 is 15.0 Å². The molecule has 29 heavy (non-hydrogen) atoms. The van der Waals surface area contributed by atoms with Gasteiger partial charge in [0, 0.05) is 30.7 Å². The number of benzene rings is 1. The van der Waals surface area contributed by atoms with E-state index in [0.29, 0.717) is 12.1 Å². The molecule has 0 aromatic heterocycles. The molecule has 0 bridgehead atoms. The molecule has 1 unspecified atom stereocenters. The number of ether oxygens (including phenoxy) is 1. The van der Waals surface area contributed by atoms with Gasteiger partial charge in [-0.2, -0.15) is 0 Å². The summed E-state index contributed by atoms with van der Waals surface area (Å²) < 4.78 is 5.62. The Morgan fingerprint density at radius 3 is 2.55 bits per heavy atom. The molecule has 5 heteroatoms. The van der Waals surface area contributed by atoms with Crippen molar-refractivity contribution in [3.63, 3.8) is 0 Å². The molecule has 1 aliphatic heterocycles. The third-order valence-electron chi connectivity index (χ3n) is 6.61. The summed E-state index contributed by atoms with van der Waals surface area (Å²) in [6.45, 7) is 6.40. The Labute approximate surface area is 183 Å². The molecule has 1 N–H and O–H groups in total. The predicted molar refractivity (Wildman–Crippen MR) is 126 cm³/mol. The van der Waals surface area contributed by atoms with E-state index in [1.54, 1.807) is 7.11 Å². The van der Waals surface area contributed by atoms with E-state index in [9.17, 15) is 0 Å². The highest BCUT2D eigenvalue weighted by molar-refractivity contribution is 7.80. The van der Waals surface area contributed by atoms with Crippen LogP contribution < -0.4 is 10.1 Å². The smallest absolute Gasteiger partial charge is 0.169 e. The summed E-state index contributed by atoms with van der Waals surface area (Å²) in [4.78, 5) is 5.00. The summed E-state index contributed by atoms with van der Waals surface area (Å²) in [5.74, 6) is 0.949. The zero-order chi connectivity index (χ0) is 20.5. The molecule has 1 aromatic carbocycles. The summed E-state index contributed by atoms with van der Waals surface area (Å²) in [5.41, 5.74) is 1.21. The van der Waals surface area contributed by atoms with Gasteiger partial charge in [0.25, 0.3) is 0 Å². The maximum Gasteiger partial charge on any atom is 0.169 e. The first-order chi connectivity index (χ1) is 14.2. The molecule has 1 atom stereocenters. The lowest BCUT2D eigenvalue weighted by Crippen LogP contribution is -2.49. The van der Waals surface area contributed by atoms with Crippen LogP contribution >= 0.6 is 12.2 Å². The predicted octanol–water partition coefficient (Wildman–Crippen LogP) is 4.97. The van der Waals surface area contributed by atoms with Crippen molar-refractivity contribution >= 4 is 17.3 Å². The van der Waals surface area contributed by atoms with Gasteiger partial charge in [0.15, 0.2) is 5.11 Å². The van der Waals surface area contributed by atoms with E-state index in [4.69, 9.17) is 17.0 Å². The highest BCUT2D eigenvalue weighted by Gasteiger charge is 2.27. The quantitative estimate of drug-likeness (QED) is 0.633. The van der Waals surface area contributed by atoms with Crippen LogP contribution in [0.15, 0.2) is 24.3 Å². The van der Waals surface area contributed by atoms with E-state index in [-0.39, 0.29) is 0 Å². The maximum absolute atomic E-state index is 5.98. The van der Waals surface area contributed by atoms with Crippen LogP contribution in [0.2, 0.25) is 0 Å². The molecule has 162 valence electrons. The number of hydrogen-bond acceptors (Lipinski definition) is 3. The number of methoxy groups -OCH3 is 1. The Morgan fingerprint density at radius 2 is 1.83 bits per heavy atom. The SMILES string of the molecule is CCN1CCCC1CN(Cc1ccccc1OC)C(=S)NC1CCCCCCC1. The third-order valence-corrected chi connectivity index (χ3v) is 6.99. The minimum absolute atomic E-state index is 0.522. The van der Waals surface area contributed by atoms with Crippen molar-refractivity contribution in [3.8, 4) is 5.75 Å². The maximum atomic E-state index is 5.98. The molecule has 0 amide bonds. The molecule has 1 aliphatic carbocycles. The molecule has 2 fully saturated rings. The number of thiocarbonyl (C=S) groups is 1. The van der Waals surface area contributed by atoms with Crippen molar-refractivity contribution in [2.45, 2.75) is 83.3 Å². The number of para-hydroxylation sites is 1.